The van der Waals surface area contributed by atoms with Crippen LogP contribution < -0.4 is 5.73 Å². The summed E-state index contributed by atoms with van der Waals surface area (Å²) in [5.41, 5.74) is 6.58. The molecule has 2 unspecified atom stereocenters. The maximum absolute atomic E-state index is 5.99. The highest BCUT2D eigenvalue weighted by Crippen LogP contribution is 2.40. The fraction of sp³-hybridized carbons (Fsp3) is 1.00. The minimum Gasteiger partial charge on any atom is -0.328 e. The van der Waals surface area contributed by atoms with Gasteiger partial charge in [-0.25, -0.2) is 0 Å². The number of hydrogen-bond acceptors (Lipinski definition) is 2. The van der Waals surface area contributed by atoms with E-state index >= 15 is 0 Å². The molecule has 2 atom stereocenters. The Morgan fingerprint density at radius 3 is 2.25 bits per heavy atom. The first-order valence-electron chi connectivity index (χ1n) is 6.97. The van der Waals surface area contributed by atoms with E-state index in [-0.39, 0.29) is 0 Å². The highest BCUT2D eigenvalue weighted by atomic mass is 15.2. The number of rotatable bonds is 2. The van der Waals surface area contributed by atoms with Crippen molar-refractivity contribution in [1.82, 2.24) is 4.90 Å². The van der Waals surface area contributed by atoms with Crippen LogP contribution in [0.4, 0.5) is 0 Å². The largest absolute Gasteiger partial charge is 0.328 e. The molecular weight excluding hydrogens is 196 g/mol. The summed E-state index contributed by atoms with van der Waals surface area (Å²) >= 11 is 0. The molecule has 0 aromatic heterocycles. The SMILES string of the molecule is CC(N)C1CCN(C2CCC(C)(C)C2)CC1. The zero-order valence-electron chi connectivity index (χ0n) is 11.2. The van der Waals surface area contributed by atoms with Crippen molar-refractivity contribution in [3.05, 3.63) is 0 Å². The van der Waals surface area contributed by atoms with Gasteiger partial charge in [0.1, 0.15) is 0 Å². The first-order valence-corrected chi connectivity index (χ1v) is 6.97. The first kappa shape index (κ1) is 12.4. The number of hydrogen-bond donors (Lipinski definition) is 1. The van der Waals surface area contributed by atoms with Crippen molar-refractivity contribution in [2.45, 2.75) is 65.0 Å². The number of nitrogens with two attached hydrogens (primary N) is 1. The Bertz CT molecular complexity index is 227. The van der Waals surface area contributed by atoms with E-state index in [1.807, 2.05) is 0 Å². The minimum atomic E-state index is 0.391. The molecule has 0 aromatic rings. The van der Waals surface area contributed by atoms with Gasteiger partial charge in [0, 0.05) is 12.1 Å². The third-order valence-electron chi connectivity index (χ3n) is 4.78. The van der Waals surface area contributed by atoms with Crippen LogP contribution >= 0.6 is 0 Å². The van der Waals surface area contributed by atoms with Gasteiger partial charge in [0.25, 0.3) is 0 Å². The van der Waals surface area contributed by atoms with Crippen molar-refractivity contribution >= 4 is 0 Å². The van der Waals surface area contributed by atoms with Crippen molar-refractivity contribution < 1.29 is 0 Å². The Morgan fingerprint density at radius 2 is 1.81 bits per heavy atom. The smallest absolute Gasteiger partial charge is 0.0100 e. The van der Waals surface area contributed by atoms with E-state index in [0.29, 0.717) is 11.5 Å². The number of piperidine rings is 1. The normalized spacial score (nSPS) is 34.1. The van der Waals surface area contributed by atoms with E-state index in [1.165, 1.54) is 45.2 Å². The monoisotopic (exact) mass is 224 g/mol. The third-order valence-corrected chi connectivity index (χ3v) is 4.78. The van der Waals surface area contributed by atoms with Crippen LogP contribution in [0.25, 0.3) is 0 Å². The van der Waals surface area contributed by atoms with Gasteiger partial charge in [0.15, 0.2) is 0 Å². The van der Waals surface area contributed by atoms with Crippen molar-refractivity contribution in [1.29, 1.82) is 0 Å². The van der Waals surface area contributed by atoms with Crippen LogP contribution in [0.2, 0.25) is 0 Å². The van der Waals surface area contributed by atoms with E-state index in [4.69, 9.17) is 5.73 Å². The zero-order valence-corrected chi connectivity index (χ0v) is 11.2. The Balaban J connectivity index is 1.81. The molecule has 0 spiro atoms. The second-order valence-corrected chi connectivity index (χ2v) is 6.79. The maximum atomic E-state index is 5.99. The summed E-state index contributed by atoms with van der Waals surface area (Å²) in [4.78, 5) is 2.73. The predicted molar refractivity (Wildman–Crippen MR) is 69.4 cm³/mol. The fourth-order valence-electron chi connectivity index (χ4n) is 3.52. The van der Waals surface area contributed by atoms with Gasteiger partial charge in [-0.2, -0.15) is 0 Å². The quantitative estimate of drug-likeness (QED) is 0.781. The molecule has 0 radical (unpaired) electrons. The average Bonchev–Trinajstić information content (AvgIpc) is 2.59. The molecule has 1 saturated heterocycles. The lowest BCUT2D eigenvalue weighted by Crippen LogP contribution is -2.44. The highest BCUT2D eigenvalue weighted by molar-refractivity contribution is 4.90. The summed E-state index contributed by atoms with van der Waals surface area (Å²) in [6, 6.07) is 1.26. The van der Waals surface area contributed by atoms with Crippen LogP contribution in [-0.4, -0.2) is 30.1 Å². The van der Waals surface area contributed by atoms with E-state index < -0.39 is 0 Å². The molecule has 1 heterocycles. The van der Waals surface area contributed by atoms with Gasteiger partial charge in [-0.1, -0.05) is 13.8 Å². The van der Waals surface area contributed by atoms with Gasteiger partial charge in [-0.05, 0) is 63.5 Å². The molecule has 2 aliphatic rings. The van der Waals surface area contributed by atoms with E-state index in [0.717, 1.165) is 12.0 Å². The van der Waals surface area contributed by atoms with E-state index in [9.17, 15) is 0 Å². The lowest BCUT2D eigenvalue weighted by atomic mass is 9.89. The molecule has 2 N–H and O–H groups in total. The summed E-state index contributed by atoms with van der Waals surface area (Å²) in [6.07, 6.45) is 6.85. The number of nitrogens with zero attached hydrogens (tertiary/aromatic N) is 1. The van der Waals surface area contributed by atoms with Crippen LogP contribution in [0.5, 0.6) is 0 Å². The summed E-state index contributed by atoms with van der Waals surface area (Å²) in [6.45, 7) is 9.57. The van der Waals surface area contributed by atoms with E-state index in [1.54, 1.807) is 0 Å². The van der Waals surface area contributed by atoms with Crippen molar-refractivity contribution in [3.8, 4) is 0 Å². The summed E-state index contributed by atoms with van der Waals surface area (Å²) in [7, 11) is 0. The lowest BCUT2D eigenvalue weighted by molar-refractivity contribution is 0.120. The Hall–Kier alpha value is -0.0800. The molecule has 0 bridgehead atoms. The third kappa shape index (κ3) is 2.78. The van der Waals surface area contributed by atoms with Gasteiger partial charge >= 0.3 is 0 Å². The molecule has 16 heavy (non-hydrogen) atoms. The van der Waals surface area contributed by atoms with Crippen molar-refractivity contribution in [2.75, 3.05) is 13.1 Å². The lowest BCUT2D eigenvalue weighted by Gasteiger charge is -2.37. The van der Waals surface area contributed by atoms with Crippen molar-refractivity contribution in [3.63, 3.8) is 0 Å². The molecule has 2 heteroatoms. The molecule has 2 nitrogen and oxygen atoms in total. The van der Waals surface area contributed by atoms with Crippen LogP contribution in [0.3, 0.4) is 0 Å². The van der Waals surface area contributed by atoms with E-state index in [2.05, 4.69) is 25.7 Å². The molecule has 1 aliphatic heterocycles. The van der Waals surface area contributed by atoms with Crippen LogP contribution in [0, 0.1) is 11.3 Å². The van der Waals surface area contributed by atoms with Gasteiger partial charge in [0.2, 0.25) is 0 Å². The summed E-state index contributed by atoms with van der Waals surface area (Å²) < 4.78 is 0. The molecular formula is C14H28N2. The Morgan fingerprint density at radius 1 is 1.19 bits per heavy atom. The first-order chi connectivity index (χ1) is 7.48. The van der Waals surface area contributed by atoms with Crippen LogP contribution in [-0.2, 0) is 0 Å². The molecule has 0 amide bonds. The molecule has 0 aromatic carbocycles. The number of likely N-dealkylation sites (tertiary alicyclic amines) is 1. The zero-order chi connectivity index (χ0) is 11.8. The second kappa shape index (κ2) is 4.66. The van der Waals surface area contributed by atoms with Gasteiger partial charge in [-0.3, -0.25) is 0 Å². The van der Waals surface area contributed by atoms with Crippen molar-refractivity contribution in [2.24, 2.45) is 17.1 Å². The molecule has 94 valence electrons. The predicted octanol–water partition coefficient (Wildman–Crippen LogP) is 2.62. The highest BCUT2D eigenvalue weighted by Gasteiger charge is 2.35. The van der Waals surface area contributed by atoms with Gasteiger partial charge < -0.3 is 10.6 Å². The molecule has 2 rings (SSSR count). The van der Waals surface area contributed by atoms with Gasteiger partial charge in [0.05, 0.1) is 0 Å². The second-order valence-electron chi connectivity index (χ2n) is 6.79. The summed E-state index contributed by atoms with van der Waals surface area (Å²) in [5.74, 6) is 0.769. The summed E-state index contributed by atoms with van der Waals surface area (Å²) in [5, 5.41) is 0. The molecule has 1 saturated carbocycles. The minimum absolute atomic E-state index is 0.391. The topological polar surface area (TPSA) is 29.3 Å². The fourth-order valence-corrected chi connectivity index (χ4v) is 3.52. The average molecular weight is 224 g/mol. The van der Waals surface area contributed by atoms with Crippen LogP contribution in [0.15, 0.2) is 0 Å². The van der Waals surface area contributed by atoms with Crippen LogP contribution in [0.1, 0.15) is 52.9 Å². The molecule has 2 fully saturated rings. The Kier molecular flexibility index (Phi) is 3.60. The Labute approximate surface area is 101 Å². The standard InChI is InChI=1S/C14H28N2/c1-11(15)12-5-8-16(9-6-12)13-4-7-14(2,3)10-13/h11-13H,4-10,15H2,1-3H3. The molecule has 1 aliphatic carbocycles. The maximum Gasteiger partial charge on any atom is 0.0100 e. The van der Waals surface area contributed by atoms with Gasteiger partial charge in [-0.15, -0.1) is 0 Å².